The van der Waals surface area contributed by atoms with Crippen LogP contribution in [-0.4, -0.2) is 38.1 Å². The van der Waals surface area contributed by atoms with Crippen molar-refractivity contribution in [2.75, 3.05) is 38.1 Å². The van der Waals surface area contributed by atoms with Crippen molar-refractivity contribution in [1.82, 2.24) is 4.90 Å². The fourth-order valence-corrected chi connectivity index (χ4v) is 3.69. The Morgan fingerprint density at radius 2 is 1.29 bits per heavy atom. The zero-order valence-electron chi connectivity index (χ0n) is 15.0. The van der Waals surface area contributed by atoms with Crippen LogP contribution in [0.4, 0.5) is 18.9 Å². The topological polar surface area (TPSA) is 6.48 Å². The second-order valence-electron chi connectivity index (χ2n) is 6.83. The predicted octanol–water partition coefficient (Wildman–Crippen LogP) is 5.04. The van der Waals surface area contributed by atoms with Gasteiger partial charge < -0.3 is 9.80 Å². The highest BCUT2D eigenvalue weighted by atomic mass is 19.4. The van der Waals surface area contributed by atoms with Crippen molar-refractivity contribution >= 4 is 5.69 Å². The molecule has 0 atom stereocenters. The summed E-state index contributed by atoms with van der Waals surface area (Å²) in [5.74, 6) is 0. The molecular weight excluding hydrogens is 313 g/mol. The molecule has 0 amide bonds. The van der Waals surface area contributed by atoms with Crippen molar-refractivity contribution in [2.24, 2.45) is 5.41 Å². The molecule has 0 radical (unpaired) electrons. The van der Waals surface area contributed by atoms with E-state index in [2.05, 4.69) is 16.8 Å². The Morgan fingerprint density at radius 3 is 1.75 bits per heavy atom. The van der Waals surface area contributed by atoms with Gasteiger partial charge in [0.2, 0.25) is 0 Å². The molecule has 2 heterocycles. The molecule has 2 saturated heterocycles. The lowest BCUT2D eigenvalue weighted by molar-refractivity contribution is -0.137. The monoisotopic (exact) mass is 342 g/mol. The highest BCUT2D eigenvalue weighted by Crippen LogP contribution is 2.42. The quantitative estimate of drug-likeness (QED) is 0.705. The second kappa shape index (κ2) is 7.77. The lowest BCUT2D eigenvalue weighted by Crippen LogP contribution is -2.46. The first-order valence-corrected chi connectivity index (χ1v) is 8.99. The van der Waals surface area contributed by atoms with Crippen molar-refractivity contribution in [3.63, 3.8) is 0 Å². The Morgan fingerprint density at radius 1 is 0.833 bits per heavy atom. The third-order valence-corrected chi connectivity index (χ3v) is 5.43. The first-order valence-electron chi connectivity index (χ1n) is 8.99. The number of nitrogens with zero attached hydrogens (tertiary/aromatic N) is 2. The largest absolute Gasteiger partial charge is 0.416 e. The molecule has 3 rings (SSSR count). The number of hydrogen-bond acceptors (Lipinski definition) is 2. The number of anilines is 1. The van der Waals surface area contributed by atoms with Crippen LogP contribution in [0.5, 0.6) is 0 Å². The fraction of sp³-hybridized carbons (Fsp3) is 0.684. The van der Waals surface area contributed by atoms with E-state index in [0.29, 0.717) is 5.41 Å². The molecule has 136 valence electrons. The van der Waals surface area contributed by atoms with Gasteiger partial charge in [0.15, 0.2) is 0 Å². The Bertz CT molecular complexity index is 492. The summed E-state index contributed by atoms with van der Waals surface area (Å²) in [6.45, 7) is 8.24. The minimum atomic E-state index is -4.25. The summed E-state index contributed by atoms with van der Waals surface area (Å²) < 4.78 is 37.8. The molecule has 24 heavy (non-hydrogen) atoms. The maximum atomic E-state index is 12.6. The molecule has 2 aliphatic rings. The van der Waals surface area contributed by atoms with Crippen LogP contribution in [0, 0.1) is 5.41 Å². The Balaban J connectivity index is 0.00000100. The van der Waals surface area contributed by atoms with E-state index in [1.165, 1.54) is 38.1 Å². The van der Waals surface area contributed by atoms with Gasteiger partial charge in [-0.2, -0.15) is 13.2 Å². The van der Waals surface area contributed by atoms with Gasteiger partial charge in [0, 0.05) is 18.8 Å². The van der Waals surface area contributed by atoms with Crippen LogP contribution < -0.4 is 4.90 Å². The van der Waals surface area contributed by atoms with Crippen LogP contribution >= 0.6 is 0 Å². The Labute approximate surface area is 143 Å². The van der Waals surface area contributed by atoms with E-state index in [1.54, 1.807) is 12.1 Å². The third kappa shape index (κ3) is 4.44. The lowest BCUT2D eigenvalue weighted by atomic mass is 9.71. The molecule has 0 aromatic heterocycles. The molecule has 2 fully saturated rings. The molecule has 1 aromatic carbocycles. The highest BCUT2D eigenvalue weighted by Gasteiger charge is 2.37. The van der Waals surface area contributed by atoms with Gasteiger partial charge >= 0.3 is 6.18 Å². The van der Waals surface area contributed by atoms with Gasteiger partial charge in [0.25, 0.3) is 0 Å². The average Bonchev–Trinajstić information content (AvgIpc) is 2.60. The second-order valence-corrected chi connectivity index (χ2v) is 6.83. The normalized spacial score (nSPS) is 21.3. The highest BCUT2D eigenvalue weighted by molar-refractivity contribution is 5.48. The fourth-order valence-electron chi connectivity index (χ4n) is 3.69. The molecule has 0 N–H and O–H groups in total. The van der Waals surface area contributed by atoms with Gasteiger partial charge in [-0.3, -0.25) is 0 Å². The van der Waals surface area contributed by atoms with Crippen molar-refractivity contribution in [1.29, 1.82) is 0 Å². The summed E-state index contributed by atoms with van der Waals surface area (Å²) >= 11 is 0. The van der Waals surface area contributed by atoms with Crippen molar-refractivity contribution < 1.29 is 13.2 Å². The number of alkyl halides is 3. The summed E-state index contributed by atoms with van der Waals surface area (Å²) in [5, 5.41) is 0. The van der Waals surface area contributed by atoms with Crippen LogP contribution in [0.25, 0.3) is 0 Å². The van der Waals surface area contributed by atoms with Gasteiger partial charge in [-0.25, -0.2) is 0 Å². The van der Waals surface area contributed by atoms with Gasteiger partial charge in [0.05, 0.1) is 5.56 Å². The maximum Gasteiger partial charge on any atom is 0.416 e. The van der Waals surface area contributed by atoms with Gasteiger partial charge in [-0.05, 0) is 75.5 Å². The third-order valence-electron chi connectivity index (χ3n) is 5.43. The summed E-state index contributed by atoms with van der Waals surface area (Å²) in [5.41, 5.74) is 0.811. The van der Waals surface area contributed by atoms with Gasteiger partial charge in [-0.15, -0.1) is 0 Å². The first-order chi connectivity index (χ1) is 11.4. The molecular formula is C19H29F3N2. The Kier molecular flexibility index (Phi) is 6.18. The van der Waals surface area contributed by atoms with E-state index in [4.69, 9.17) is 0 Å². The molecule has 5 heteroatoms. The van der Waals surface area contributed by atoms with Crippen LogP contribution in [-0.2, 0) is 6.18 Å². The minimum Gasteiger partial charge on any atom is -0.371 e. The maximum absolute atomic E-state index is 12.6. The van der Waals surface area contributed by atoms with Crippen molar-refractivity contribution in [3.05, 3.63) is 29.8 Å². The summed E-state index contributed by atoms with van der Waals surface area (Å²) in [6, 6.07) is 5.59. The first kappa shape index (κ1) is 19.1. The molecule has 0 unspecified atom stereocenters. The number of hydrogen-bond donors (Lipinski definition) is 0. The van der Waals surface area contributed by atoms with Crippen LogP contribution in [0.2, 0.25) is 0 Å². The number of rotatable bonds is 1. The minimum absolute atomic E-state index is 0.467. The SMILES string of the molecule is CC.CN1CCC2(CC1)CCN(c1ccc(C(F)(F)F)cc1)CC2. The molecule has 0 saturated carbocycles. The van der Waals surface area contributed by atoms with Crippen molar-refractivity contribution in [2.45, 2.75) is 45.7 Å². The van der Waals surface area contributed by atoms with Gasteiger partial charge in [0.1, 0.15) is 0 Å². The van der Waals surface area contributed by atoms with E-state index in [1.807, 2.05) is 13.8 Å². The standard InChI is InChI=1S/C17H23F3N2.C2H6/c1-21-10-6-16(7-11-21)8-12-22(13-9-16)15-4-2-14(3-5-15)17(18,19)20;1-2/h2-5H,6-13H2,1H3;1-2H3. The number of halogens is 3. The number of piperidine rings is 2. The zero-order valence-corrected chi connectivity index (χ0v) is 15.0. The van der Waals surface area contributed by atoms with Crippen LogP contribution in [0.15, 0.2) is 24.3 Å². The summed E-state index contributed by atoms with van der Waals surface area (Å²) in [4.78, 5) is 4.61. The van der Waals surface area contributed by atoms with Gasteiger partial charge in [-0.1, -0.05) is 13.8 Å². The number of benzene rings is 1. The summed E-state index contributed by atoms with van der Waals surface area (Å²) in [7, 11) is 2.17. The average molecular weight is 342 g/mol. The molecule has 2 nitrogen and oxygen atoms in total. The van der Waals surface area contributed by atoms with E-state index in [-0.39, 0.29) is 0 Å². The molecule has 1 aromatic rings. The van der Waals surface area contributed by atoms with E-state index < -0.39 is 11.7 Å². The Hall–Kier alpha value is -1.23. The van der Waals surface area contributed by atoms with E-state index in [9.17, 15) is 13.2 Å². The van der Waals surface area contributed by atoms with E-state index in [0.717, 1.165) is 31.6 Å². The molecule has 1 spiro atoms. The lowest BCUT2D eigenvalue weighted by Gasteiger charge is -2.46. The molecule has 0 bridgehead atoms. The van der Waals surface area contributed by atoms with Crippen molar-refractivity contribution in [3.8, 4) is 0 Å². The number of likely N-dealkylation sites (tertiary alicyclic amines) is 1. The molecule has 2 aliphatic heterocycles. The smallest absolute Gasteiger partial charge is 0.371 e. The zero-order chi connectivity index (χ0) is 17.8. The van der Waals surface area contributed by atoms with Crippen LogP contribution in [0.1, 0.15) is 45.1 Å². The van der Waals surface area contributed by atoms with Crippen LogP contribution in [0.3, 0.4) is 0 Å². The molecule has 0 aliphatic carbocycles. The summed E-state index contributed by atoms with van der Waals surface area (Å²) in [6.07, 6.45) is 0.567. The van der Waals surface area contributed by atoms with E-state index >= 15 is 0 Å². The predicted molar refractivity (Wildman–Crippen MR) is 93.4 cm³/mol.